The van der Waals surface area contributed by atoms with Crippen molar-refractivity contribution >= 4 is 46.6 Å². The molecule has 0 fully saturated rings. The van der Waals surface area contributed by atoms with Crippen LogP contribution in [-0.2, 0) is 9.59 Å². The number of methoxy groups -OCH3 is 2. The lowest BCUT2D eigenvalue weighted by Gasteiger charge is -2.24. The van der Waals surface area contributed by atoms with Crippen LogP contribution in [0.4, 0.5) is 11.4 Å². The summed E-state index contributed by atoms with van der Waals surface area (Å²) in [5.74, 6) is 0.642. The topological polar surface area (TPSA) is 76.7 Å². The van der Waals surface area contributed by atoms with Crippen LogP contribution < -0.4 is 20.1 Å². The molecule has 0 bridgehead atoms. The molecule has 2 N–H and O–H groups in total. The fourth-order valence-electron chi connectivity index (χ4n) is 2.74. The number of halogens is 1. The molecule has 8 heteroatoms. The van der Waals surface area contributed by atoms with Gasteiger partial charge in [0.15, 0.2) is 11.5 Å². The quantitative estimate of drug-likeness (QED) is 0.781. The zero-order valence-electron chi connectivity index (χ0n) is 15.1. The van der Waals surface area contributed by atoms with Gasteiger partial charge in [-0.25, -0.2) is 0 Å². The molecule has 3 rings (SSSR count). The molecule has 0 aromatic heterocycles. The Morgan fingerprint density at radius 2 is 1.93 bits per heavy atom. The van der Waals surface area contributed by atoms with Gasteiger partial charge in [-0.3, -0.25) is 9.59 Å². The molecule has 1 heterocycles. The Bertz CT molecular complexity index is 904. The monoisotopic (exact) mass is 406 g/mol. The number of hydrogen-bond acceptors (Lipinski definition) is 5. The van der Waals surface area contributed by atoms with Crippen molar-refractivity contribution in [2.75, 3.05) is 24.9 Å². The Morgan fingerprint density at radius 1 is 1.22 bits per heavy atom. The van der Waals surface area contributed by atoms with E-state index in [9.17, 15) is 9.59 Å². The number of carbonyl (C=O) groups is 2. The van der Waals surface area contributed by atoms with Gasteiger partial charge >= 0.3 is 0 Å². The highest BCUT2D eigenvalue weighted by Gasteiger charge is 2.29. The van der Waals surface area contributed by atoms with Gasteiger partial charge < -0.3 is 20.1 Å². The average molecular weight is 407 g/mol. The molecule has 2 amide bonds. The number of rotatable bonds is 5. The van der Waals surface area contributed by atoms with Crippen LogP contribution in [0.5, 0.6) is 11.5 Å². The Hall–Kier alpha value is -2.38. The van der Waals surface area contributed by atoms with Crippen LogP contribution in [-0.4, -0.2) is 31.3 Å². The summed E-state index contributed by atoms with van der Waals surface area (Å²) < 4.78 is 10.5. The van der Waals surface area contributed by atoms with E-state index in [0.717, 1.165) is 10.5 Å². The van der Waals surface area contributed by atoms with Gasteiger partial charge in [-0.1, -0.05) is 11.6 Å². The second-order valence-electron chi connectivity index (χ2n) is 6.01. The van der Waals surface area contributed by atoms with E-state index in [4.69, 9.17) is 21.1 Å². The van der Waals surface area contributed by atoms with Crippen molar-refractivity contribution in [1.29, 1.82) is 0 Å². The summed E-state index contributed by atoms with van der Waals surface area (Å²) in [4.78, 5) is 25.7. The smallest absolute Gasteiger partial charge is 0.238 e. The first-order valence-corrected chi connectivity index (χ1v) is 9.46. The van der Waals surface area contributed by atoms with E-state index in [2.05, 4.69) is 10.6 Å². The van der Waals surface area contributed by atoms with Crippen LogP contribution in [0.25, 0.3) is 0 Å². The molecule has 1 aliphatic rings. The first kappa shape index (κ1) is 19.4. The Balaban J connectivity index is 1.71. The summed E-state index contributed by atoms with van der Waals surface area (Å²) in [6.07, 6.45) is 0.0480. The normalized spacial score (nSPS) is 15.6. The molecular weight excluding hydrogens is 388 g/mol. The minimum absolute atomic E-state index is 0.0480. The molecule has 6 nitrogen and oxygen atoms in total. The third-order valence-electron chi connectivity index (χ3n) is 4.14. The Kier molecular flexibility index (Phi) is 5.82. The minimum atomic E-state index is -0.515. The number of nitrogens with one attached hydrogen (secondary N) is 2. The highest BCUT2D eigenvalue weighted by Crippen LogP contribution is 2.38. The lowest BCUT2D eigenvalue weighted by Crippen LogP contribution is -2.32. The third-order valence-corrected chi connectivity index (χ3v) is 5.65. The molecule has 1 aliphatic heterocycles. The van der Waals surface area contributed by atoms with Gasteiger partial charge in [-0.15, -0.1) is 11.8 Å². The van der Waals surface area contributed by atoms with Crippen LogP contribution in [0.15, 0.2) is 35.2 Å². The van der Waals surface area contributed by atoms with Gasteiger partial charge in [-0.2, -0.15) is 0 Å². The van der Waals surface area contributed by atoms with E-state index >= 15 is 0 Å². The van der Waals surface area contributed by atoms with Gasteiger partial charge in [-0.05, 0) is 36.8 Å². The Labute approximate surface area is 166 Å². The van der Waals surface area contributed by atoms with Crippen LogP contribution in [0, 0.1) is 6.92 Å². The molecular formula is C19H19ClN2O4S. The molecule has 0 spiro atoms. The lowest BCUT2D eigenvalue weighted by atomic mass is 10.1. The summed E-state index contributed by atoms with van der Waals surface area (Å²) >= 11 is 7.31. The van der Waals surface area contributed by atoms with E-state index in [-0.39, 0.29) is 18.2 Å². The molecule has 1 unspecified atom stereocenters. The van der Waals surface area contributed by atoms with Crippen molar-refractivity contribution in [2.45, 2.75) is 23.5 Å². The molecule has 2 aromatic carbocycles. The maximum absolute atomic E-state index is 12.5. The van der Waals surface area contributed by atoms with Gasteiger partial charge in [0.05, 0.1) is 25.2 Å². The van der Waals surface area contributed by atoms with Gasteiger partial charge in [0.25, 0.3) is 0 Å². The fraction of sp³-hybridized carbons (Fsp3) is 0.263. The second kappa shape index (κ2) is 8.10. The highest BCUT2D eigenvalue weighted by atomic mass is 35.5. The van der Waals surface area contributed by atoms with E-state index in [0.29, 0.717) is 27.9 Å². The molecule has 0 radical (unpaired) electrons. The van der Waals surface area contributed by atoms with E-state index in [1.165, 1.54) is 18.9 Å². The predicted molar refractivity (Wildman–Crippen MR) is 107 cm³/mol. The number of thioether (sulfide) groups is 1. The van der Waals surface area contributed by atoms with Crippen molar-refractivity contribution in [2.24, 2.45) is 0 Å². The van der Waals surface area contributed by atoms with E-state index < -0.39 is 5.25 Å². The number of hydrogen-bond donors (Lipinski definition) is 2. The van der Waals surface area contributed by atoms with Crippen LogP contribution in [0.1, 0.15) is 12.0 Å². The maximum atomic E-state index is 12.5. The summed E-state index contributed by atoms with van der Waals surface area (Å²) in [7, 11) is 3.09. The molecule has 2 aromatic rings. The van der Waals surface area contributed by atoms with Crippen molar-refractivity contribution in [1.82, 2.24) is 0 Å². The van der Waals surface area contributed by atoms with Gasteiger partial charge in [0.2, 0.25) is 11.8 Å². The SMILES string of the molecule is COc1cc(C)c(NC(=O)CC2Sc3ccc(Cl)cc3NC2=O)cc1OC. The van der Waals surface area contributed by atoms with Gasteiger partial charge in [0, 0.05) is 28.1 Å². The molecule has 0 aliphatic carbocycles. The molecule has 1 atom stereocenters. The summed E-state index contributed by atoms with van der Waals surface area (Å²) in [6.45, 7) is 1.86. The standard InChI is InChI=1S/C19H19ClN2O4S/c1-10-6-14(25-2)15(26-3)8-12(10)21-18(23)9-17-19(24)22-13-7-11(20)4-5-16(13)27-17/h4-8,17H,9H2,1-3H3,(H,21,23)(H,22,24). The fourth-order valence-corrected chi connectivity index (χ4v) is 4.00. The molecule has 0 saturated heterocycles. The summed E-state index contributed by atoms with van der Waals surface area (Å²) in [5.41, 5.74) is 2.12. The lowest BCUT2D eigenvalue weighted by molar-refractivity contribution is -0.120. The minimum Gasteiger partial charge on any atom is -0.493 e. The van der Waals surface area contributed by atoms with Crippen molar-refractivity contribution in [3.8, 4) is 11.5 Å². The average Bonchev–Trinajstić information content (AvgIpc) is 2.63. The zero-order chi connectivity index (χ0) is 19.6. The summed E-state index contributed by atoms with van der Waals surface area (Å²) in [5, 5.41) is 5.69. The Morgan fingerprint density at radius 3 is 2.63 bits per heavy atom. The summed E-state index contributed by atoms with van der Waals surface area (Å²) in [6, 6.07) is 8.79. The molecule has 27 heavy (non-hydrogen) atoms. The predicted octanol–water partition coefficient (Wildman–Crippen LogP) is 4.11. The van der Waals surface area contributed by atoms with Crippen LogP contribution in [0.2, 0.25) is 5.02 Å². The number of carbonyl (C=O) groups excluding carboxylic acids is 2. The number of ether oxygens (including phenoxy) is 2. The highest BCUT2D eigenvalue weighted by molar-refractivity contribution is 8.01. The number of aryl methyl sites for hydroxylation is 1. The van der Waals surface area contributed by atoms with Crippen molar-refractivity contribution < 1.29 is 19.1 Å². The van der Waals surface area contributed by atoms with Crippen LogP contribution >= 0.6 is 23.4 Å². The maximum Gasteiger partial charge on any atom is 0.238 e. The van der Waals surface area contributed by atoms with Crippen molar-refractivity contribution in [3.05, 3.63) is 40.9 Å². The number of fused-ring (bicyclic) bond motifs is 1. The van der Waals surface area contributed by atoms with Gasteiger partial charge in [0.1, 0.15) is 0 Å². The zero-order valence-corrected chi connectivity index (χ0v) is 16.7. The molecule has 0 saturated carbocycles. The van der Waals surface area contributed by atoms with E-state index in [1.807, 2.05) is 13.0 Å². The molecule has 142 valence electrons. The largest absolute Gasteiger partial charge is 0.493 e. The first-order chi connectivity index (χ1) is 12.9. The number of amides is 2. The van der Waals surface area contributed by atoms with Crippen LogP contribution in [0.3, 0.4) is 0 Å². The first-order valence-electron chi connectivity index (χ1n) is 8.21. The van der Waals surface area contributed by atoms with Crippen molar-refractivity contribution in [3.63, 3.8) is 0 Å². The number of anilines is 2. The third kappa shape index (κ3) is 4.31. The second-order valence-corrected chi connectivity index (χ2v) is 7.69. The van der Waals surface area contributed by atoms with E-state index in [1.54, 1.807) is 31.4 Å². The number of benzene rings is 2.